The van der Waals surface area contributed by atoms with Crippen LogP contribution in [0.5, 0.6) is 0 Å². The Bertz CT molecular complexity index is 1470. The lowest BCUT2D eigenvalue weighted by Gasteiger charge is -2.06. The second-order valence-electron chi connectivity index (χ2n) is 7.47. The van der Waals surface area contributed by atoms with Crippen molar-refractivity contribution < 1.29 is 4.79 Å². The molecule has 0 atom stereocenters. The summed E-state index contributed by atoms with van der Waals surface area (Å²) in [5.74, 6) is 0.113. The number of nitrogens with one attached hydrogen (secondary N) is 1. The van der Waals surface area contributed by atoms with E-state index in [0.717, 1.165) is 26.9 Å². The molecule has 32 heavy (non-hydrogen) atoms. The maximum atomic E-state index is 12.4. The molecule has 1 N–H and O–H groups in total. The topological polar surface area (TPSA) is 76.6 Å². The highest BCUT2D eigenvalue weighted by atomic mass is 79.9. The molecule has 160 valence electrons. The number of benzene rings is 2. The van der Waals surface area contributed by atoms with Gasteiger partial charge in [-0.25, -0.2) is 4.52 Å². The summed E-state index contributed by atoms with van der Waals surface area (Å²) in [4.78, 5) is 12.4. The Balaban J connectivity index is 1.40. The van der Waals surface area contributed by atoms with Crippen LogP contribution in [0.3, 0.4) is 0 Å². The third-order valence-electron chi connectivity index (χ3n) is 5.14. The van der Waals surface area contributed by atoms with Crippen molar-refractivity contribution in [2.75, 3.05) is 11.1 Å². The van der Waals surface area contributed by atoms with Gasteiger partial charge < -0.3 is 5.32 Å². The van der Waals surface area contributed by atoms with E-state index in [1.165, 1.54) is 22.9 Å². The predicted octanol–water partition coefficient (Wildman–Crippen LogP) is 5.15. The molecule has 1 amide bonds. The van der Waals surface area contributed by atoms with Gasteiger partial charge in [-0.3, -0.25) is 9.20 Å². The van der Waals surface area contributed by atoms with Gasteiger partial charge in [0.25, 0.3) is 0 Å². The maximum absolute atomic E-state index is 12.4. The van der Waals surface area contributed by atoms with E-state index in [1.54, 1.807) is 0 Å². The minimum Gasteiger partial charge on any atom is -0.324 e. The zero-order chi connectivity index (χ0) is 22.2. The first-order valence-electron chi connectivity index (χ1n) is 9.97. The summed E-state index contributed by atoms with van der Waals surface area (Å²) in [6, 6.07) is 15.9. The zero-order valence-corrected chi connectivity index (χ0v) is 19.8. The summed E-state index contributed by atoms with van der Waals surface area (Å²) in [5.41, 5.74) is 6.66. The molecule has 0 radical (unpaired) electrons. The average Bonchev–Trinajstić information content (AvgIpc) is 3.39. The van der Waals surface area contributed by atoms with E-state index in [9.17, 15) is 4.79 Å². The molecule has 0 spiro atoms. The van der Waals surface area contributed by atoms with Gasteiger partial charge in [-0.05, 0) is 59.6 Å². The molecule has 3 aromatic heterocycles. The molecular weight excluding hydrogens is 488 g/mol. The summed E-state index contributed by atoms with van der Waals surface area (Å²) in [7, 11) is 0. The van der Waals surface area contributed by atoms with Crippen molar-refractivity contribution in [3.8, 4) is 11.3 Å². The van der Waals surface area contributed by atoms with Crippen LogP contribution in [0, 0.1) is 13.8 Å². The van der Waals surface area contributed by atoms with Gasteiger partial charge in [-0.1, -0.05) is 41.6 Å². The fourth-order valence-electron chi connectivity index (χ4n) is 3.51. The van der Waals surface area contributed by atoms with Crippen molar-refractivity contribution in [2.24, 2.45) is 0 Å². The van der Waals surface area contributed by atoms with Gasteiger partial charge in [0.2, 0.25) is 5.91 Å². The Kier molecular flexibility index (Phi) is 5.44. The SMILES string of the molecule is Cc1ccc(C)c(-c2cc3c4nnc(SCC(=O)Nc5ccccc5Br)n4ccn3n2)c1. The number of halogens is 1. The number of aromatic nitrogens is 5. The molecule has 2 aromatic carbocycles. The first-order valence-corrected chi connectivity index (χ1v) is 11.8. The summed E-state index contributed by atoms with van der Waals surface area (Å²) in [6.45, 7) is 4.16. The number of aryl methyl sites for hydroxylation is 2. The molecule has 7 nitrogen and oxygen atoms in total. The monoisotopic (exact) mass is 506 g/mol. The Morgan fingerprint density at radius 2 is 1.94 bits per heavy atom. The minimum absolute atomic E-state index is 0.110. The molecule has 0 aliphatic heterocycles. The predicted molar refractivity (Wildman–Crippen MR) is 130 cm³/mol. The van der Waals surface area contributed by atoms with Gasteiger partial charge in [-0.2, -0.15) is 5.10 Å². The average molecular weight is 507 g/mol. The molecule has 0 saturated carbocycles. The Morgan fingerprint density at radius 3 is 2.78 bits per heavy atom. The van der Waals surface area contributed by atoms with Gasteiger partial charge >= 0.3 is 0 Å². The van der Waals surface area contributed by atoms with Crippen molar-refractivity contribution in [3.63, 3.8) is 0 Å². The van der Waals surface area contributed by atoms with E-state index in [1.807, 2.05) is 51.6 Å². The van der Waals surface area contributed by atoms with Crippen LogP contribution in [0.2, 0.25) is 0 Å². The number of hydrogen-bond acceptors (Lipinski definition) is 5. The largest absolute Gasteiger partial charge is 0.324 e. The standard InChI is InChI=1S/C23H19BrN6OS/c1-14-7-8-15(2)16(11-14)19-12-20-22-26-27-23(29(22)9-10-30(20)28-19)32-13-21(31)25-18-6-4-3-5-17(18)24/h3-12H,13H2,1-2H3,(H,25,31). The smallest absolute Gasteiger partial charge is 0.234 e. The number of anilines is 1. The van der Waals surface area contributed by atoms with Crippen LogP contribution in [0.25, 0.3) is 22.4 Å². The maximum Gasteiger partial charge on any atom is 0.234 e. The van der Waals surface area contributed by atoms with E-state index in [0.29, 0.717) is 10.8 Å². The second-order valence-corrected chi connectivity index (χ2v) is 9.27. The van der Waals surface area contributed by atoms with Crippen LogP contribution >= 0.6 is 27.7 Å². The van der Waals surface area contributed by atoms with Crippen LogP contribution in [0.4, 0.5) is 5.69 Å². The summed E-state index contributed by atoms with van der Waals surface area (Å²) >= 11 is 4.78. The zero-order valence-electron chi connectivity index (χ0n) is 17.4. The van der Waals surface area contributed by atoms with Crippen LogP contribution < -0.4 is 5.32 Å². The quantitative estimate of drug-likeness (QED) is 0.333. The lowest BCUT2D eigenvalue weighted by atomic mass is 10.0. The highest BCUT2D eigenvalue weighted by Crippen LogP contribution is 2.27. The van der Waals surface area contributed by atoms with Crippen molar-refractivity contribution >= 4 is 50.5 Å². The fraction of sp³-hybridized carbons (Fsp3) is 0.130. The lowest BCUT2D eigenvalue weighted by Crippen LogP contribution is -2.14. The summed E-state index contributed by atoms with van der Waals surface area (Å²) in [6.07, 6.45) is 3.75. The number of hydrogen-bond donors (Lipinski definition) is 1. The number of fused-ring (bicyclic) bond motifs is 3. The van der Waals surface area contributed by atoms with E-state index in [2.05, 4.69) is 63.5 Å². The molecule has 3 heterocycles. The van der Waals surface area contributed by atoms with Gasteiger partial charge in [0.15, 0.2) is 10.8 Å². The fourth-order valence-corrected chi connectivity index (χ4v) is 4.61. The van der Waals surface area contributed by atoms with E-state index in [-0.39, 0.29) is 11.7 Å². The van der Waals surface area contributed by atoms with Gasteiger partial charge in [-0.15, -0.1) is 10.2 Å². The molecule has 0 saturated heterocycles. The second kappa shape index (κ2) is 8.40. The highest BCUT2D eigenvalue weighted by molar-refractivity contribution is 9.10. The van der Waals surface area contributed by atoms with Gasteiger partial charge in [0.05, 0.1) is 17.1 Å². The molecule has 0 aliphatic carbocycles. The first kappa shape index (κ1) is 20.7. The number of para-hydroxylation sites is 1. The third kappa shape index (κ3) is 3.89. The number of carbonyl (C=O) groups excluding carboxylic acids is 1. The van der Waals surface area contributed by atoms with E-state index in [4.69, 9.17) is 5.10 Å². The molecule has 0 fully saturated rings. The highest BCUT2D eigenvalue weighted by Gasteiger charge is 2.15. The van der Waals surface area contributed by atoms with Crippen molar-refractivity contribution in [1.82, 2.24) is 24.2 Å². The van der Waals surface area contributed by atoms with E-state index >= 15 is 0 Å². The van der Waals surface area contributed by atoms with Crippen LogP contribution in [0.15, 0.2) is 70.6 Å². The van der Waals surface area contributed by atoms with Crippen molar-refractivity contribution in [2.45, 2.75) is 19.0 Å². The molecule has 0 unspecified atom stereocenters. The molecule has 5 aromatic rings. The third-order valence-corrected chi connectivity index (χ3v) is 6.77. The Morgan fingerprint density at radius 1 is 1.09 bits per heavy atom. The molecule has 0 aliphatic rings. The first-order chi connectivity index (χ1) is 15.5. The Labute approximate surface area is 197 Å². The van der Waals surface area contributed by atoms with Gasteiger partial charge in [0.1, 0.15) is 5.52 Å². The van der Waals surface area contributed by atoms with Crippen LogP contribution in [-0.2, 0) is 4.79 Å². The van der Waals surface area contributed by atoms with Crippen LogP contribution in [0.1, 0.15) is 11.1 Å². The number of nitrogens with zero attached hydrogens (tertiary/aromatic N) is 5. The summed E-state index contributed by atoms with van der Waals surface area (Å²) in [5, 5.41) is 17.0. The summed E-state index contributed by atoms with van der Waals surface area (Å²) < 4.78 is 4.55. The number of amides is 1. The molecule has 9 heteroatoms. The normalized spacial score (nSPS) is 11.3. The van der Waals surface area contributed by atoms with Gasteiger partial charge in [0, 0.05) is 22.4 Å². The van der Waals surface area contributed by atoms with Crippen LogP contribution in [-0.4, -0.2) is 35.9 Å². The van der Waals surface area contributed by atoms with E-state index < -0.39 is 0 Å². The lowest BCUT2D eigenvalue weighted by molar-refractivity contribution is -0.113. The number of thioether (sulfide) groups is 1. The van der Waals surface area contributed by atoms with Crippen molar-refractivity contribution in [3.05, 3.63) is 76.5 Å². The number of carbonyl (C=O) groups is 1. The number of rotatable bonds is 5. The molecule has 5 rings (SSSR count). The van der Waals surface area contributed by atoms with Crippen molar-refractivity contribution in [1.29, 1.82) is 0 Å². The minimum atomic E-state index is -0.110. The molecule has 0 bridgehead atoms. The Hall–Kier alpha value is -3.17. The molecular formula is C23H19BrN6OS.